The molecule has 0 saturated carbocycles. The number of carbonyl (C=O) groups is 1. The maximum absolute atomic E-state index is 15.0. The number of nitrogens with zero attached hydrogens (tertiary/aromatic N) is 3. The molecule has 2 aromatic rings. The van der Waals surface area contributed by atoms with Gasteiger partial charge in [0.05, 0.1) is 18.0 Å². The number of hydrogen-bond acceptors (Lipinski definition) is 4. The Morgan fingerprint density at radius 1 is 1.28 bits per heavy atom. The van der Waals surface area contributed by atoms with Gasteiger partial charge in [-0.25, -0.2) is 4.39 Å². The number of halogens is 1. The highest BCUT2D eigenvalue weighted by Gasteiger charge is 2.38. The van der Waals surface area contributed by atoms with Crippen molar-refractivity contribution in [2.45, 2.75) is 44.8 Å². The van der Waals surface area contributed by atoms with E-state index >= 15 is 4.39 Å². The summed E-state index contributed by atoms with van der Waals surface area (Å²) >= 11 is 0. The fourth-order valence-corrected chi connectivity index (χ4v) is 4.67. The molecule has 6 heteroatoms. The highest BCUT2D eigenvalue weighted by molar-refractivity contribution is 5.94. The normalized spacial score (nSPS) is 24.8. The standard InChI is InChI=1S/C23H31FN4O/c1-16-6-7-20(18-5-4-10-25-22(16)18)28-14-17(2)19(15-28)26-21(29)13-23(24)8-11-27(3)12-9-23/h4-7,10,17,19H,8-9,11-15H2,1-3H3,(H,26,29). The zero-order valence-electron chi connectivity index (χ0n) is 17.6. The number of benzene rings is 1. The van der Waals surface area contributed by atoms with E-state index < -0.39 is 5.67 Å². The molecule has 2 atom stereocenters. The third-order valence-electron chi connectivity index (χ3n) is 6.61. The molecule has 1 N–H and O–H groups in total. The van der Waals surface area contributed by atoms with E-state index in [-0.39, 0.29) is 18.4 Å². The highest BCUT2D eigenvalue weighted by Crippen LogP contribution is 2.33. The average molecular weight is 399 g/mol. The van der Waals surface area contributed by atoms with Gasteiger partial charge in [-0.3, -0.25) is 9.78 Å². The predicted octanol–water partition coefficient (Wildman–Crippen LogP) is 3.31. The predicted molar refractivity (Wildman–Crippen MR) is 115 cm³/mol. The topological polar surface area (TPSA) is 48.5 Å². The first kappa shape index (κ1) is 20.1. The van der Waals surface area contributed by atoms with Gasteiger partial charge in [0.15, 0.2) is 0 Å². The van der Waals surface area contributed by atoms with Crippen LogP contribution in [0.2, 0.25) is 0 Å². The van der Waals surface area contributed by atoms with Crippen molar-refractivity contribution in [3.05, 3.63) is 36.0 Å². The van der Waals surface area contributed by atoms with Crippen molar-refractivity contribution in [1.82, 2.24) is 15.2 Å². The van der Waals surface area contributed by atoms with Crippen LogP contribution >= 0.6 is 0 Å². The number of hydrogen-bond donors (Lipinski definition) is 1. The Labute approximate surface area is 172 Å². The number of fused-ring (bicyclic) bond motifs is 1. The van der Waals surface area contributed by atoms with Gasteiger partial charge in [-0.2, -0.15) is 0 Å². The van der Waals surface area contributed by atoms with Gasteiger partial charge < -0.3 is 15.1 Å². The van der Waals surface area contributed by atoms with E-state index in [2.05, 4.69) is 52.1 Å². The molecule has 2 aliphatic heterocycles. The summed E-state index contributed by atoms with van der Waals surface area (Å²) in [6.45, 7) is 7.26. The number of pyridine rings is 1. The second-order valence-corrected chi connectivity index (χ2v) is 8.99. The maximum atomic E-state index is 15.0. The molecule has 4 rings (SSSR count). The van der Waals surface area contributed by atoms with Crippen molar-refractivity contribution in [2.24, 2.45) is 5.92 Å². The van der Waals surface area contributed by atoms with Crippen LogP contribution in [0.1, 0.15) is 31.7 Å². The second kappa shape index (κ2) is 7.90. The van der Waals surface area contributed by atoms with Gasteiger partial charge in [-0.05, 0) is 56.5 Å². The Bertz CT molecular complexity index is 894. The molecule has 1 aromatic carbocycles. The molecule has 0 aliphatic carbocycles. The van der Waals surface area contributed by atoms with Crippen LogP contribution in [-0.2, 0) is 4.79 Å². The van der Waals surface area contributed by atoms with Crippen LogP contribution in [0.25, 0.3) is 10.9 Å². The van der Waals surface area contributed by atoms with Crippen molar-refractivity contribution in [1.29, 1.82) is 0 Å². The van der Waals surface area contributed by atoms with Crippen molar-refractivity contribution < 1.29 is 9.18 Å². The lowest BCUT2D eigenvalue weighted by molar-refractivity contribution is -0.125. The Morgan fingerprint density at radius 3 is 2.79 bits per heavy atom. The minimum atomic E-state index is -1.36. The Balaban J connectivity index is 1.43. The second-order valence-electron chi connectivity index (χ2n) is 8.99. The Hall–Kier alpha value is -2.21. The fraction of sp³-hybridized carbons (Fsp3) is 0.565. The van der Waals surface area contributed by atoms with Gasteiger partial charge >= 0.3 is 0 Å². The molecule has 2 fully saturated rings. The fourth-order valence-electron chi connectivity index (χ4n) is 4.67. The lowest BCUT2D eigenvalue weighted by Crippen LogP contribution is -2.46. The number of rotatable bonds is 4. The highest BCUT2D eigenvalue weighted by atomic mass is 19.1. The van der Waals surface area contributed by atoms with Crippen LogP contribution in [0, 0.1) is 12.8 Å². The molecule has 5 nitrogen and oxygen atoms in total. The summed E-state index contributed by atoms with van der Waals surface area (Å²) in [4.78, 5) is 21.6. The van der Waals surface area contributed by atoms with Crippen LogP contribution in [0.4, 0.5) is 10.1 Å². The van der Waals surface area contributed by atoms with E-state index in [0.29, 0.717) is 31.8 Å². The molecular formula is C23H31FN4O. The maximum Gasteiger partial charge on any atom is 0.223 e. The number of piperidine rings is 1. The third kappa shape index (κ3) is 4.22. The van der Waals surface area contributed by atoms with Crippen LogP contribution in [0.5, 0.6) is 0 Å². The number of aryl methyl sites for hydroxylation is 1. The summed E-state index contributed by atoms with van der Waals surface area (Å²) < 4.78 is 15.0. The molecular weight excluding hydrogens is 367 g/mol. The van der Waals surface area contributed by atoms with Crippen LogP contribution in [0.3, 0.4) is 0 Å². The van der Waals surface area contributed by atoms with Crippen molar-refractivity contribution in [3.8, 4) is 0 Å². The summed E-state index contributed by atoms with van der Waals surface area (Å²) in [6, 6.07) is 8.35. The van der Waals surface area contributed by atoms with Crippen LogP contribution in [-0.4, -0.2) is 60.7 Å². The zero-order valence-corrected chi connectivity index (χ0v) is 17.6. The molecule has 2 saturated heterocycles. The van der Waals surface area contributed by atoms with Gasteiger partial charge in [-0.15, -0.1) is 0 Å². The molecule has 156 valence electrons. The number of carbonyl (C=O) groups excluding carboxylic acids is 1. The Kier molecular flexibility index (Phi) is 5.47. The van der Waals surface area contributed by atoms with E-state index in [9.17, 15) is 4.79 Å². The first-order valence-corrected chi connectivity index (χ1v) is 10.6. The zero-order chi connectivity index (χ0) is 20.6. The van der Waals surface area contributed by atoms with Crippen LogP contribution < -0.4 is 10.2 Å². The lowest BCUT2D eigenvalue weighted by Gasteiger charge is -2.34. The number of alkyl halides is 1. The van der Waals surface area contributed by atoms with Gasteiger partial charge in [0.2, 0.25) is 5.91 Å². The summed E-state index contributed by atoms with van der Waals surface area (Å²) in [5.41, 5.74) is 1.97. The van der Waals surface area contributed by atoms with Crippen LogP contribution in [0.15, 0.2) is 30.5 Å². The molecule has 29 heavy (non-hydrogen) atoms. The smallest absolute Gasteiger partial charge is 0.223 e. The monoisotopic (exact) mass is 398 g/mol. The van der Waals surface area contributed by atoms with E-state index in [1.54, 1.807) is 0 Å². The number of amides is 1. The number of likely N-dealkylation sites (tertiary alicyclic amines) is 1. The molecule has 1 amide bonds. The molecule has 0 radical (unpaired) electrons. The molecule has 0 bridgehead atoms. The number of aromatic nitrogens is 1. The lowest BCUT2D eigenvalue weighted by atomic mass is 9.89. The van der Waals surface area contributed by atoms with Gasteiger partial charge in [0, 0.05) is 43.4 Å². The van der Waals surface area contributed by atoms with E-state index in [0.717, 1.165) is 35.2 Å². The summed E-state index contributed by atoms with van der Waals surface area (Å²) in [7, 11) is 2.00. The first-order valence-electron chi connectivity index (χ1n) is 10.6. The SMILES string of the molecule is Cc1ccc(N2CC(C)C(NC(=O)CC3(F)CCN(C)CC3)C2)c2cccnc12. The summed E-state index contributed by atoms with van der Waals surface area (Å²) in [6.07, 6.45) is 2.67. The average Bonchev–Trinajstić information content (AvgIpc) is 3.05. The summed E-state index contributed by atoms with van der Waals surface area (Å²) in [5, 5.41) is 4.26. The van der Waals surface area contributed by atoms with Gasteiger partial charge in [-0.1, -0.05) is 13.0 Å². The summed E-state index contributed by atoms with van der Waals surface area (Å²) in [5.74, 6) is 0.145. The molecule has 1 aromatic heterocycles. The van der Waals surface area contributed by atoms with Crippen molar-refractivity contribution >= 4 is 22.5 Å². The third-order valence-corrected chi connectivity index (χ3v) is 6.61. The van der Waals surface area contributed by atoms with Gasteiger partial charge in [0.1, 0.15) is 5.67 Å². The molecule has 0 spiro atoms. The van der Waals surface area contributed by atoms with Crippen molar-refractivity contribution in [2.75, 3.05) is 38.1 Å². The molecule has 3 heterocycles. The van der Waals surface area contributed by atoms with E-state index in [1.807, 2.05) is 19.3 Å². The number of anilines is 1. The quantitative estimate of drug-likeness (QED) is 0.859. The Morgan fingerprint density at radius 2 is 2.03 bits per heavy atom. The largest absolute Gasteiger partial charge is 0.369 e. The number of nitrogens with one attached hydrogen (secondary N) is 1. The molecule has 2 unspecified atom stereocenters. The first-order chi connectivity index (χ1) is 13.8. The van der Waals surface area contributed by atoms with E-state index in [1.165, 1.54) is 0 Å². The minimum Gasteiger partial charge on any atom is -0.369 e. The van der Waals surface area contributed by atoms with Gasteiger partial charge in [0.25, 0.3) is 0 Å². The van der Waals surface area contributed by atoms with Crippen molar-refractivity contribution in [3.63, 3.8) is 0 Å². The molecule has 2 aliphatic rings. The minimum absolute atomic E-state index is 0.0263. The van der Waals surface area contributed by atoms with E-state index in [4.69, 9.17) is 0 Å².